The summed E-state index contributed by atoms with van der Waals surface area (Å²) in [6.45, 7) is 0.388. The van der Waals surface area contributed by atoms with Crippen molar-refractivity contribution in [3.63, 3.8) is 0 Å². The zero-order chi connectivity index (χ0) is 10.6. The van der Waals surface area contributed by atoms with Crippen molar-refractivity contribution >= 4 is 11.7 Å². The molecule has 2 atom stereocenters. The minimum Gasteiger partial charge on any atom is -0.367 e. The van der Waals surface area contributed by atoms with E-state index >= 15 is 0 Å². The molecule has 0 radical (unpaired) electrons. The Morgan fingerprint density at radius 2 is 2.27 bits per heavy atom. The van der Waals surface area contributed by atoms with Crippen LogP contribution in [0.1, 0.15) is 12.8 Å². The Labute approximate surface area is 86.9 Å². The number of fused-ring (bicyclic) bond motifs is 2. The number of piperidine rings is 1. The van der Waals surface area contributed by atoms with Crippen LogP contribution in [0, 0.1) is 5.92 Å². The standard InChI is InChI=1S/C11H11NO3/c13-9-3-7-5-11(15)2-1-10(14)12(11)6-8(7)4-9/h1-2,4,7,15H,3,5-6H2. The molecule has 0 saturated carbocycles. The maximum absolute atomic E-state index is 11.5. The highest BCUT2D eigenvalue weighted by Gasteiger charge is 2.47. The summed E-state index contributed by atoms with van der Waals surface area (Å²) in [7, 11) is 0. The van der Waals surface area contributed by atoms with Crippen molar-refractivity contribution in [2.45, 2.75) is 18.6 Å². The Bertz CT molecular complexity index is 424. The molecular weight excluding hydrogens is 194 g/mol. The highest BCUT2D eigenvalue weighted by Crippen LogP contribution is 2.41. The topological polar surface area (TPSA) is 57.6 Å². The fourth-order valence-corrected chi connectivity index (χ4v) is 2.65. The Kier molecular flexibility index (Phi) is 1.52. The molecule has 0 aromatic carbocycles. The third-order valence-corrected chi connectivity index (χ3v) is 3.43. The van der Waals surface area contributed by atoms with Crippen LogP contribution in [0.2, 0.25) is 0 Å². The Morgan fingerprint density at radius 3 is 3.07 bits per heavy atom. The third kappa shape index (κ3) is 1.11. The summed E-state index contributed by atoms with van der Waals surface area (Å²) in [6.07, 6.45) is 5.49. The number of carbonyl (C=O) groups is 2. The van der Waals surface area contributed by atoms with Crippen molar-refractivity contribution in [1.82, 2.24) is 4.90 Å². The number of amides is 1. The van der Waals surface area contributed by atoms with Gasteiger partial charge in [0.2, 0.25) is 5.91 Å². The van der Waals surface area contributed by atoms with E-state index in [0.29, 0.717) is 19.4 Å². The lowest BCUT2D eigenvalue weighted by Gasteiger charge is -2.41. The molecule has 4 nitrogen and oxygen atoms in total. The molecule has 0 aromatic heterocycles. The van der Waals surface area contributed by atoms with Crippen LogP contribution in [-0.4, -0.2) is 34.0 Å². The van der Waals surface area contributed by atoms with E-state index in [1.807, 2.05) is 0 Å². The van der Waals surface area contributed by atoms with Crippen molar-refractivity contribution in [3.8, 4) is 0 Å². The second kappa shape index (κ2) is 2.58. The number of hydrogen-bond acceptors (Lipinski definition) is 3. The van der Waals surface area contributed by atoms with Crippen molar-refractivity contribution in [3.05, 3.63) is 23.8 Å². The molecule has 4 heteroatoms. The molecule has 1 N–H and O–H groups in total. The Balaban J connectivity index is 1.96. The van der Waals surface area contributed by atoms with Gasteiger partial charge in [-0.1, -0.05) is 0 Å². The number of nitrogens with zero attached hydrogens (tertiary/aromatic N) is 1. The largest absolute Gasteiger partial charge is 0.367 e. The van der Waals surface area contributed by atoms with Gasteiger partial charge in [0, 0.05) is 25.5 Å². The van der Waals surface area contributed by atoms with Crippen molar-refractivity contribution in [2.75, 3.05) is 6.54 Å². The lowest BCUT2D eigenvalue weighted by Crippen LogP contribution is -2.52. The van der Waals surface area contributed by atoms with Gasteiger partial charge in [-0.15, -0.1) is 0 Å². The van der Waals surface area contributed by atoms with Gasteiger partial charge >= 0.3 is 0 Å². The molecule has 2 unspecified atom stereocenters. The predicted octanol–water partition coefficient (Wildman–Crippen LogP) is -0.00750. The van der Waals surface area contributed by atoms with Crippen LogP contribution in [0.25, 0.3) is 0 Å². The van der Waals surface area contributed by atoms with Crippen molar-refractivity contribution in [2.24, 2.45) is 5.92 Å². The minimum atomic E-state index is -1.15. The molecule has 2 aliphatic heterocycles. The molecule has 1 aliphatic carbocycles. The molecule has 1 amide bonds. The molecule has 3 aliphatic rings. The lowest BCUT2D eigenvalue weighted by atomic mass is 9.86. The van der Waals surface area contributed by atoms with Crippen LogP contribution < -0.4 is 0 Å². The van der Waals surface area contributed by atoms with Gasteiger partial charge in [-0.2, -0.15) is 0 Å². The van der Waals surface area contributed by atoms with Gasteiger partial charge in [-0.25, -0.2) is 0 Å². The molecule has 0 bridgehead atoms. The summed E-state index contributed by atoms with van der Waals surface area (Å²) in [4.78, 5) is 24.1. The fourth-order valence-electron chi connectivity index (χ4n) is 2.65. The third-order valence-electron chi connectivity index (χ3n) is 3.43. The van der Waals surface area contributed by atoms with E-state index in [0.717, 1.165) is 5.57 Å². The average Bonchev–Trinajstić information content (AvgIpc) is 2.64. The number of allylic oxidation sites excluding steroid dienone is 1. The molecule has 0 aromatic rings. The average molecular weight is 205 g/mol. The smallest absolute Gasteiger partial charge is 0.249 e. The predicted molar refractivity (Wildman–Crippen MR) is 51.6 cm³/mol. The van der Waals surface area contributed by atoms with Crippen LogP contribution in [-0.2, 0) is 9.59 Å². The summed E-state index contributed by atoms with van der Waals surface area (Å²) in [6, 6.07) is 0. The number of ketones is 1. The van der Waals surface area contributed by atoms with Crippen LogP contribution in [0.3, 0.4) is 0 Å². The van der Waals surface area contributed by atoms with E-state index in [9.17, 15) is 14.7 Å². The van der Waals surface area contributed by atoms with E-state index in [1.165, 1.54) is 17.1 Å². The van der Waals surface area contributed by atoms with E-state index in [1.54, 1.807) is 6.08 Å². The molecule has 2 heterocycles. The number of carbonyl (C=O) groups excluding carboxylic acids is 2. The number of rotatable bonds is 0. The van der Waals surface area contributed by atoms with E-state index in [-0.39, 0.29) is 17.6 Å². The maximum atomic E-state index is 11.5. The Hall–Kier alpha value is -1.42. The van der Waals surface area contributed by atoms with E-state index in [4.69, 9.17) is 0 Å². The maximum Gasteiger partial charge on any atom is 0.249 e. The molecule has 78 valence electrons. The monoisotopic (exact) mass is 205 g/mol. The van der Waals surface area contributed by atoms with Gasteiger partial charge in [-0.05, 0) is 23.6 Å². The van der Waals surface area contributed by atoms with Gasteiger partial charge in [0.05, 0.1) is 0 Å². The highest BCUT2D eigenvalue weighted by molar-refractivity contribution is 5.95. The second-order valence-corrected chi connectivity index (χ2v) is 4.43. The van der Waals surface area contributed by atoms with E-state index in [2.05, 4.69) is 0 Å². The van der Waals surface area contributed by atoms with Crippen LogP contribution >= 0.6 is 0 Å². The normalized spacial score (nSPS) is 38.1. The van der Waals surface area contributed by atoms with Gasteiger partial charge in [0.25, 0.3) is 0 Å². The summed E-state index contributed by atoms with van der Waals surface area (Å²) in [5.41, 5.74) is -0.161. The molecule has 15 heavy (non-hydrogen) atoms. The zero-order valence-corrected chi connectivity index (χ0v) is 8.14. The fraction of sp³-hybridized carbons (Fsp3) is 0.455. The first kappa shape index (κ1) is 8.85. The zero-order valence-electron chi connectivity index (χ0n) is 8.14. The molecule has 3 rings (SSSR count). The summed E-state index contributed by atoms with van der Waals surface area (Å²) in [5.74, 6) is 0.0571. The van der Waals surface area contributed by atoms with Crippen LogP contribution in [0.4, 0.5) is 0 Å². The molecule has 1 saturated heterocycles. The number of hydrogen-bond donors (Lipinski definition) is 1. The van der Waals surface area contributed by atoms with E-state index < -0.39 is 5.72 Å². The molecular formula is C11H11NO3. The van der Waals surface area contributed by atoms with Crippen molar-refractivity contribution < 1.29 is 14.7 Å². The van der Waals surface area contributed by atoms with Gasteiger partial charge in [0.1, 0.15) is 0 Å². The van der Waals surface area contributed by atoms with Crippen LogP contribution in [0.15, 0.2) is 23.8 Å². The van der Waals surface area contributed by atoms with Gasteiger partial charge in [0.15, 0.2) is 11.5 Å². The number of aliphatic hydroxyl groups is 1. The van der Waals surface area contributed by atoms with Crippen LogP contribution in [0.5, 0.6) is 0 Å². The van der Waals surface area contributed by atoms with Crippen molar-refractivity contribution in [1.29, 1.82) is 0 Å². The second-order valence-electron chi connectivity index (χ2n) is 4.43. The lowest BCUT2D eigenvalue weighted by molar-refractivity contribution is -0.145. The summed E-state index contributed by atoms with van der Waals surface area (Å²) < 4.78 is 0. The first-order chi connectivity index (χ1) is 7.08. The van der Waals surface area contributed by atoms with Gasteiger partial charge in [-0.3, -0.25) is 9.59 Å². The molecule has 1 fully saturated rings. The SMILES string of the molecule is O=C1C=C2CN3C(=O)C=CC3(O)CC2C1. The molecule has 0 spiro atoms. The quantitative estimate of drug-likeness (QED) is 0.605. The summed E-state index contributed by atoms with van der Waals surface area (Å²) >= 11 is 0. The first-order valence-corrected chi connectivity index (χ1v) is 5.05. The first-order valence-electron chi connectivity index (χ1n) is 5.05. The minimum absolute atomic E-state index is 0.108. The highest BCUT2D eigenvalue weighted by atomic mass is 16.3. The summed E-state index contributed by atoms with van der Waals surface area (Å²) in [5, 5.41) is 10.2. The Morgan fingerprint density at radius 1 is 1.47 bits per heavy atom. The van der Waals surface area contributed by atoms with Gasteiger partial charge < -0.3 is 10.0 Å².